The third-order valence-electron chi connectivity index (χ3n) is 6.89. The molecule has 2 amide bonds. The molecule has 2 aromatic carbocycles. The first-order chi connectivity index (χ1) is 17.8. The summed E-state index contributed by atoms with van der Waals surface area (Å²) in [6.45, 7) is 8.26. The van der Waals surface area contributed by atoms with Gasteiger partial charge in [0.05, 0.1) is 12.7 Å². The van der Waals surface area contributed by atoms with Crippen molar-refractivity contribution in [1.82, 2.24) is 29.3 Å². The molecule has 3 heterocycles. The Hall–Kier alpha value is -4.27. The van der Waals surface area contributed by atoms with E-state index in [9.17, 15) is 14.4 Å². The van der Waals surface area contributed by atoms with Crippen molar-refractivity contribution in [3.8, 4) is 11.4 Å². The van der Waals surface area contributed by atoms with Crippen LogP contribution in [-0.4, -0.2) is 67.3 Å². The number of imidazole rings is 1. The SMILES string of the molecule is CC(=O)N1CCN(C(=O)c2ccc(Cn3c(=O)[nH]c4cnc(-c5ccccc5C(C)C)nc43)cc2)CC1. The largest absolute Gasteiger partial charge is 0.339 e. The first kappa shape index (κ1) is 24.4. The lowest BCUT2D eigenvalue weighted by atomic mass is 9.97. The Bertz CT molecular complexity index is 1510. The lowest BCUT2D eigenvalue weighted by Crippen LogP contribution is -2.50. The van der Waals surface area contributed by atoms with E-state index in [-0.39, 0.29) is 17.5 Å². The number of fused-ring (bicyclic) bond motifs is 1. The fourth-order valence-corrected chi connectivity index (χ4v) is 4.77. The molecule has 0 radical (unpaired) electrons. The molecule has 2 aromatic heterocycles. The van der Waals surface area contributed by atoms with Gasteiger partial charge in [-0.2, -0.15) is 0 Å². The first-order valence-corrected chi connectivity index (χ1v) is 12.5. The van der Waals surface area contributed by atoms with Crippen LogP contribution in [0.3, 0.4) is 0 Å². The molecule has 1 aliphatic heterocycles. The molecule has 0 atom stereocenters. The Balaban J connectivity index is 1.37. The van der Waals surface area contributed by atoms with Gasteiger partial charge in [-0.25, -0.2) is 14.8 Å². The first-order valence-electron chi connectivity index (χ1n) is 12.5. The minimum absolute atomic E-state index is 0.0329. The second-order valence-electron chi connectivity index (χ2n) is 9.68. The van der Waals surface area contributed by atoms with Gasteiger partial charge in [0.15, 0.2) is 11.5 Å². The van der Waals surface area contributed by atoms with Crippen molar-refractivity contribution < 1.29 is 9.59 Å². The van der Waals surface area contributed by atoms with Crippen molar-refractivity contribution in [3.05, 3.63) is 81.9 Å². The van der Waals surface area contributed by atoms with E-state index in [0.717, 1.165) is 16.7 Å². The molecule has 9 nitrogen and oxygen atoms in total. The summed E-state index contributed by atoms with van der Waals surface area (Å²) in [5.41, 5.74) is 4.41. The third kappa shape index (κ3) is 4.89. The normalized spacial score (nSPS) is 13.9. The smallest absolute Gasteiger partial charge is 0.328 e. The van der Waals surface area contributed by atoms with Crippen LogP contribution in [0.5, 0.6) is 0 Å². The summed E-state index contributed by atoms with van der Waals surface area (Å²) in [6, 6.07) is 15.3. The molecule has 4 aromatic rings. The van der Waals surface area contributed by atoms with Gasteiger partial charge in [-0.15, -0.1) is 0 Å². The van der Waals surface area contributed by atoms with E-state index in [1.165, 1.54) is 0 Å². The van der Waals surface area contributed by atoms with Crippen molar-refractivity contribution in [3.63, 3.8) is 0 Å². The zero-order valence-electron chi connectivity index (χ0n) is 21.3. The van der Waals surface area contributed by atoms with Crippen LogP contribution in [0.4, 0.5) is 0 Å². The Kier molecular flexibility index (Phi) is 6.60. The van der Waals surface area contributed by atoms with Gasteiger partial charge >= 0.3 is 5.69 Å². The average molecular weight is 499 g/mol. The molecule has 0 spiro atoms. The molecule has 1 aliphatic rings. The summed E-state index contributed by atoms with van der Waals surface area (Å²) < 4.78 is 1.59. The highest BCUT2D eigenvalue weighted by molar-refractivity contribution is 5.94. The zero-order chi connectivity index (χ0) is 26.1. The van der Waals surface area contributed by atoms with Gasteiger partial charge in [0.2, 0.25) is 5.91 Å². The predicted octanol–water partition coefficient (Wildman–Crippen LogP) is 3.26. The highest BCUT2D eigenvalue weighted by Crippen LogP contribution is 2.27. The van der Waals surface area contributed by atoms with Gasteiger partial charge in [0, 0.05) is 44.2 Å². The van der Waals surface area contributed by atoms with Crippen molar-refractivity contribution in [1.29, 1.82) is 0 Å². The van der Waals surface area contributed by atoms with Crippen LogP contribution in [0.2, 0.25) is 0 Å². The van der Waals surface area contributed by atoms with E-state index in [1.807, 2.05) is 30.3 Å². The number of rotatable bonds is 5. The van der Waals surface area contributed by atoms with Crippen LogP contribution in [0, 0.1) is 0 Å². The highest BCUT2D eigenvalue weighted by Gasteiger charge is 2.23. The van der Waals surface area contributed by atoms with Crippen LogP contribution in [0.25, 0.3) is 22.6 Å². The summed E-state index contributed by atoms with van der Waals surface area (Å²) in [5, 5.41) is 0. The Morgan fingerprint density at radius 2 is 1.65 bits per heavy atom. The summed E-state index contributed by atoms with van der Waals surface area (Å²) >= 11 is 0. The summed E-state index contributed by atoms with van der Waals surface area (Å²) in [4.78, 5) is 52.9. The van der Waals surface area contributed by atoms with Crippen LogP contribution in [0.15, 0.2) is 59.5 Å². The standard InChI is InChI=1S/C28H30N6O3/c1-18(2)22-6-4-5-7-23(22)25-29-16-24-26(31-25)34(28(37)30-24)17-20-8-10-21(11-9-20)27(36)33-14-12-32(13-15-33)19(3)35/h4-11,16,18H,12-15,17H2,1-3H3,(H,30,37). The molecule has 1 fully saturated rings. The molecule has 9 heteroatoms. The van der Waals surface area contributed by atoms with E-state index < -0.39 is 0 Å². The second kappa shape index (κ2) is 10.0. The van der Waals surface area contributed by atoms with Crippen molar-refractivity contribution in [2.24, 2.45) is 0 Å². The van der Waals surface area contributed by atoms with E-state index in [0.29, 0.717) is 61.2 Å². The molecule has 37 heavy (non-hydrogen) atoms. The van der Waals surface area contributed by atoms with Gasteiger partial charge in [-0.3, -0.25) is 14.2 Å². The van der Waals surface area contributed by atoms with Crippen molar-refractivity contribution in [2.45, 2.75) is 33.2 Å². The molecule has 0 saturated carbocycles. The van der Waals surface area contributed by atoms with E-state index >= 15 is 0 Å². The lowest BCUT2D eigenvalue weighted by Gasteiger charge is -2.34. The quantitative estimate of drug-likeness (QED) is 0.455. The Labute approximate surface area is 214 Å². The fraction of sp³-hybridized carbons (Fsp3) is 0.321. The molecule has 1 saturated heterocycles. The predicted molar refractivity (Wildman–Crippen MR) is 141 cm³/mol. The van der Waals surface area contributed by atoms with Crippen LogP contribution in [-0.2, 0) is 11.3 Å². The molecule has 5 rings (SSSR count). The lowest BCUT2D eigenvalue weighted by molar-refractivity contribution is -0.130. The minimum atomic E-state index is -0.262. The maximum atomic E-state index is 12.9. The third-order valence-corrected chi connectivity index (χ3v) is 6.89. The number of nitrogens with one attached hydrogen (secondary N) is 1. The molecule has 0 bridgehead atoms. The van der Waals surface area contributed by atoms with E-state index in [2.05, 4.69) is 29.9 Å². The Morgan fingerprint density at radius 1 is 0.973 bits per heavy atom. The van der Waals surface area contributed by atoms with Gasteiger partial charge in [-0.05, 0) is 29.2 Å². The van der Waals surface area contributed by atoms with Crippen LogP contribution < -0.4 is 5.69 Å². The van der Waals surface area contributed by atoms with Crippen LogP contribution in [0.1, 0.15) is 48.2 Å². The van der Waals surface area contributed by atoms with Crippen molar-refractivity contribution >= 4 is 23.0 Å². The number of amides is 2. The number of carbonyl (C=O) groups is 2. The average Bonchev–Trinajstić information content (AvgIpc) is 3.22. The number of carbonyl (C=O) groups excluding carboxylic acids is 2. The molecular weight excluding hydrogens is 468 g/mol. The maximum absolute atomic E-state index is 12.9. The molecule has 190 valence electrons. The van der Waals surface area contributed by atoms with Gasteiger partial charge in [0.25, 0.3) is 5.91 Å². The number of hydrogen-bond acceptors (Lipinski definition) is 5. The number of nitrogens with zero attached hydrogens (tertiary/aromatic N) is 5. The second-order valence-corrected chi connectivity index (χ2v) is 9.68. The van der Waals surface area contributed by atoms with Gasteiger partial charge in [-0.1, -0.05) is 50.2 Å². The fourth-order valence-electron chi connectivity index (χ4n) is 4.77. The topological polar surface area (TPSA) is 104 Å². The summed E-state index contributed by atoms with van der Waals surface area (Å²) in [7, 11) is 0. The summed E-state index contributed by atoms with van der Waals surface area (Å²) in [6.07, 6.45) is 1.65. The molecular formula is C28H30N6O3. The van der Waals surface area contributed by atoms with E-state index in [1.54, 1.807) is 39.6 Å². The van der Waals surface area contributed by atoms with Gasteiger partial charge < -0.3 is 14.8 Å². The monoisotopic (exact) mass is 498 g/mol. The zero-order valence-corrected chi connectivity index (χ0v) is 21.3. The highest BCUT2D eigenvalue weighted by atomic mass is 16.2. The number of aromatic nitrogens is 4. The molecule has 0 aliphatic carbocycles. The summed E-state index contributed by atoms with van der Waals surface area (Å²) in [5.74, 6) is 0.865. The van der Waals surface area contributed by atoms with E-state index in [4.69, 9.17) is 4.98 Å². The number of piperazine rings is 1. The molecule has 1 N–H and O–H groups in total. The number of H-pyrrole nitrogens is 1. The number of benzene rings is 2. The van der Waals surface area contributed by atoms with Crippen LogP contribution >= 0.6 is 0 Å². The Morgan fingerprint density at radius 3 is 2.32 bits per heavy atom. The minimum Gasteiger partial charge on any atom is -0.339 e. The molecule has 0 unspecified atom stereocenters. The number of hydrogen-bond donors (Lipinski definition) is 1. The maximum Gasteiger partial charge on any atom is 0.328 e. The van der Waals surface area contributed by atoms with Gasteiger partial charge in [0.1, 0.15) is 5.52 Å². The van der Waals surface area contributed by atoms with Crippen molar-refractivity contribution in [2.75, 3.05) is 26.2 Å². The number of aromatic amines is 1.